The molecule has 0 aliphatic heterocycles. The summed E-state index contributed by atoms with van der Waals surface area (Å²) in [5.74, 6) is 1.18. The number of hydrogen-bond acceptors (Lipinski definition) is 3. The van der Waals surface area contributed by atoms with Crippen LogP contribution in [0.15, 0.2) is 48.7 Å². The molecule has 4 heteroatoms. The zero-order valence-electron chi connectivity index (χ0n) is 10.9. The van der Waals surface area contributed by atoms with Gasteiger partial charge in [-0.1, -0.05) is 41.9 Å². The summed E-state index contributed by atoms with van der Waals surface area (Å²) in [7, 11) is 1.64. The molecule has 3 rings (SSSR count). The van der Waals surface area contributed by atoms with Crippen LogP contribution in [0.1, 0.15) is 0 Å². The molecule has 0 saturated carbocycles. The van der Waals surface area contributed by atoms with Crippen molar-refractivity contribution in [2.24, 2.45) is 0 Å². The number of fused-ring (bicyclic) bond motifs is 1. The van der Waals surface area contributed by atoms with Gasteiger partial charge in [0.05, 0.1) is 12.1 Å². The van der Waals surface area contributed by atoms with Crippen molar-refractivity contribution in [1.29, 1.82) is 0 Å². The number of nitrogens with two attached hydrogens (primary N) is 1. The molecule has 0 spiro atoms. The molecule has 0 atom stereocenters. The molecule has 3 aromatic rings. The molecule has 0 aliphatic rings. The van der Waals surface area contributed by atoms with E-state index < -0.39 is 0 Å². The van der Waals surface area contributed by atoms with Crippen molar-refractivity contribution in [3.8, 4) is 16.9 Å². The summed E-state index contributed by atoms with van der Waals surface area (Å²) in [4.78, 5) is 4.13. The van der Waals surface area contributed by atoms with Gasteiger partial charge in [-0.25, -0.2) is 4.98 Å². The zero-order valence-corrected chi connectivity index (χ0v) is 11.7. The third-order valence-corrected chi connectivity index (χ3v) is 3.47. The molecule has 20 heavy (non-hydrogen) atoms. The summed E-state index contributed by atoms with van der Waals surface area (Å²) < 4.78 is 5.48. The monoisotopic (exact) mass is 284 g/mol. The largest absolute Gasteiger partial charge is 0.496 e. The zero-order chi connectivity index (χ0) is 14.1. The first kappa shape index (κ1) is 12.8. The van der Waals surface area contributed by atoms with Crippen molar-refractivity contribution >= 4 is 28.2 Å². The van der Waals surface area contributed by atoms with E-state index in [1.54, 1.807) is 7.11 Å². The predicted octanol–water partition coefficient (Wildman–Crippen LogP) is 4.15. The van der Waals surface area contributed by atoms with Gasteiger partial charge in [0.2, 0.25) is 0 Å². The second kappa shape index (κ2) is 5.02. The van der Waals surface area contributed by atoms with Crippen LogP contribution in [0, 0.1) is 0 Å². The molecule has 2 N–H and O–H groups in total. The lowest BCUT2D eigenvalue weighted by Gasteiger charge is -2.14. The average Bonchev–Trinajstić information content (AvgIpc) is 2.48. The van der Waals surface area contributed by atoms with Crippen LogP contribution in [0.4, 0.5) is 5.82 Å². The Kier molecular flexibility index (Phi) is 3.20. The Morgan fingerprint density at radius 1 is 1.15 bits per heavy atom. The van der Waals surface area contributed by atoms with Gasteiger partial charge >= 0.3 is 0 Å². The van der Waals surface area contributed by atoms with E-state index in [-0.39, 0.29) is 0 Å². The number of nitrogen functional groups attached to an aromatic ring is 1. The molecule has 1 heterocycles. The molecule has 0 bridgehead atoms. The average molecular weight is 285 g/mol. The molecule has 0 fully saturated rings. The van der Waals surface area contributed by atoms with E-state index in [0.29, 0.717) is 10.8 Å². The number of methoxy groups -OCH3 is 1. The Hall–Kier alpha value is -2.26. The van der Waals surface area contributed by atoms with Crippen molar-refractivity contribution in [1.82, 2.24) is 4.98 Å². The maximum absolute atomic E-state index is 6.05. The highest BCUT2D eigenvalue weighted by atomic mass is 35.5. The Morgan fingerprint density at radius 2 is 1.95 bits per heavy atom. The molecule has 0 radical (unpaired) electrons. The highest BCUT2D eigenvalue weighted by molar-refractivity contribution is 6.31. The van der Waals surface area contributed by atoms with Crippen LogP contribution in [0.2, 0.25) is 5.02 Å². The quantitative estimate of drug-likeness (QED) is 0.769. The fraction of sp³-hybridized carbons (Fsp3) is 0.0625. The van der Waals surface area contributed by atoms with Crippen LogP contribution in [0.25, 0.3) is 21.9 Å². The fourth-order valence-corrected chi connectivity index (χ4v) is 2.51. The van der Waals surface area contributed by atoms with Crippen LogP contribution < -0.4 is 10.5 Å². The molecule has 3 nitrogen and oxygen atoms in total. The summed E-state index contributed by atoms with van der Waals surface area (Å²) in [6, 6.07) is 13.8. The second-order valence-corrected chi connectivity index (χ2v) is 4.89. The smallest absolute Gasteiger partial charge is 0.131 e. The summed E-state index contributed by atoms with van der Waals surface area (Å²) in [6.07, 6.45) is 1.54. The number of ether oxygens (including phenoxy) is 1. The molecular weight excluding hydrogens is 272 g/mol. The summed E-state index contributed by atoms with van der Waals surface area (Å²) >= 11 is 6.05. The van der Waals surface area contributed by atoms with Gasteiger partial charge in [-0.15, -0.1) is 0 Å². The van der Waals surface area contributed by atoms with Crippen molar-refractivity contribution in [3.05, 3.63) is 53.7 Å². The van der Waals surface area contributed by atoms with Crippen LogP contribution >= 0.6 is 11.6 Å². The number of pyridine rings is 1. The number of anilines is 1. The normalized spacial score (nSPS) is 10.7. The minimum atomic E-state index is 0.434. The van der Waals surface area contributed by atoms with Gasteiger partial charge in [-0.05, 0) is 22.9 Å². The van der Waals surface area contributed by atoms with Crippen LogP contribution in [0.5, 0.6) is 5.75 Å². The molecule has 0 unspecified atom stereocenters. The maximum Gasteiger partial charge on any atom is 0.131 e. The van der Waals surface area contributed by atoms with E-state index in [9.17, 15) is 0 Å². The third-order valence-electron chi connectivity index (χ3n) is 3.27. The van der Waals surface area contributed by atoms with Gasteiger partial charge in [0, 0.05) is 17.3 Å². The topological polar surface area (TPSA) is 48.1 Å². The van der Waals surface area contributed by atoms with Gasteiger partial charge in [0.1, 0.15) is 11.6 Å². The Labute approximate surface area is 122 Å². The standard InChI is InChI=1S/C16H13ClN2O/c1-20-14-7-6-10-4-2-3-5-12(10)15(14)13-8-11(17)9-19-16(13)18/h2-9H,1H3,(H2,18,19). The molecule has 0 amide bonds. The second-order valence-electron chi connectivity index (χ2n) is 4.45. The molecular formula is C16H13ClN2O. The summed E-state index contributed by atoms with van der Waals surface area (Å²) in [5, 5.41) is 2.72. The van der Waals surface area contributed by atoms with E-state index in [4.69, 9.17) is 22.1 Å². The summed E-state index contributed by atoms with van der Waals surface area (Å²) in [5.41, 5.74) is 7.71. The van der Waals surface area contributed by atoms with Gasteiger partial charge in [-0.2, -0.15) is 0 Å². The number of hydrogen-bond donors (Lipinski definition) is 1. The molecule has 100 valence electrons. The molecule has 1 aromatic heterocycles. The lowest BCUT2D eigenvalue weighted by Crippen LogP contribution is -1.96. The van der Waals surface area contributed by atoms with Crippen molar-refractivity contribution in [3.63, 3.8) is 0 Å². The molecule has 0 aliphatic carbocycles. The van der Waals surface area contributed by atoms with Gasteiger partial charge in [0.25, 0.3) is 0 Å². The number of rotatable bonds is 2. The van der Waals surface area contributed by atoms with E-state index >= 15 is 0 Å². The Morgan fingerprint density at radius 3 is 2.75 bits per heavy atom. The lowest BCUT2D eigenvalue weighted by molar-refractivity contribution is 0.417. The van der Waals surface area contributed by atoms with Crippen LogP contribution in [0.3, 0.4) is 0 Å². The summed E-state index contributed by atoms with van der Waals surface area (Å²) in [6.45, 7) is 0. The Balaban J connectivity index is 2.41. The maximum atomic E-state index is 6.05. The van der Waals surface area contributed by atoms with Crippen molar-refractivity contribution in [2.75, 3.05) is 12.8 Å². The number of benzene rings is 2. The molecule has 0 saturated heterocycles. The van der Waals surface area contributed by atoms with Crippen LogP contribution in [-0.4, -0.2) is 12.1 Å². The van der Waals surface area contributed by atoms with Crippen LogP contribution in [-0.2, 0) is 0 Å². The highest BCUT2D eigenvalue weighted by Gasteiger charge is 2.14. The fourth-order valence-electron chi connectivity index (χ4n) is 2.35. The number of aromatic nitrogens is 1. The Bertz CT molecular complexity index is 787. The lowest BCUT2D eigenvalue weighted by atomic mass is 9.97. The van der Waals surface area contributed by atoms with Crippen molar-refractivity contribution in [2.45, 2.75) is 0 Å². The van der Waals surface area contributed by atoms with Gasteiger partial charge in [0.15, 0.2) is 0 Å². The van der Waals surface area contributed by atoms with Gasteiger partial charge < -0.3 is 10.5 Å². The minimum absolute atomic E-state index is 0.434. The first-order chi connectivity index (χ1) is 9.70. The number of halogens is 1. The van der Waals surface area contributed by atoms with E-state index in [0.717, 1.165) is 27.6 Å². The minimum Gasteiger partial charge on any atom is -0.496 e. The van der Waals surface area contributed by atoms with Gasteiger partial charge in [-0.3, -0.25) is 0 Å². The van der Waals surface area contributed by atoms with E-state index in [2.05, 4.69) is 4.98 Å². The third kappa shape index (κ3) is 2.06. The number of nitrogens with zero attached hydrogens (tertiary/aromatic N) is 1. The first-order valence-corrected chi connectivity index (χ1v) is 6.55. The SMILES string of the molecule is COc1ccc2ccccc2c1-c1cc(Cl)cnc1N. The molecule has 2 aromatic carbocycles. The van der Waals surface area contributed by atoms with Crippen molar-refractivity contribution < 1.29 is 4.74 Å². The van der Waals surface area contributed by atoms with E-state index in [1.165, 1.54) is 6.20 Å². The van der Waals surface area contributed by atoms with E-state index in [1.807, 2.05) is 42.5 Å². The highest BCUT2D eigenvalue weighted by Crippen LogP contribution is 2.39. The first-order valence-electron chi connectivity index (χ1n) is 6.18. The predicted molar refractivity (Wildman–Crippen MR) is 83.2 cm³/mol.